The van der Waals surface area contributed by atoms with Crippen LogP contribution < -0.4 is 5.32 Å². The van der Waals surface area contributed by atoms with Crippen molar-refractivity contribution in [3.05, 3.63) is 0 Å². The van der Waals surface area contributed by atoms with E-state index in [0.717, 1.165) is 19.3 Å². The Morgan fingerprint density at radius 1 is 1.32 bits per heavy atom. The summed E-state index contributed by atoms with van der Waals surface area (Å²) < 4.78 is 0. The Hall–Kier alpha value is -1.06. The number of piperazine rings is 1. The molecule has 0 aromatic carbocycles. The van der Waals surface area contributed by atoms with Crippen molar-refractivity contribution in [1.82, 2.24) is 10.2 Å². The van der Waals surface area contributed by atoms with Crippen LogP contribution in [0.25, 0.3) is 0 Å². The highest BCUT2D eigenvalue weighted by molar-refractivity contribution is 5.97. The minimum atomic E-state index is -0.314. The van der Waals surface area contributed by atoms with Gasteiger partial charge in [0.25, 0.3) is 0 Å². The lowest BCUT2D eigenvalue weighted by molar-refractivity contribution is -0.152. The number of nitrogens with zero attached hydrogens (tertiary/aromatic N) is 1. The smallest absolute Gasteiger partial charge is 0.246 e. The highest BCUT2D eigenvalue weighted by Crippen LogP contribution is 2.42. The number of nitrogens with one attached hydrogen (secondary N) is 1. The molecule has 4 atom stereocenters. The van der Waals surface area contributed by atoms with Crippen molar-refractivity contribution in [2.24, 2.45) is 11.8 Å². The van der Waals surface area contributed by atoms with Gasteiger partial charge < -0.3 is 10.2 Å². The zero-order valence-corrected chi connectivity index (χ0v) is 12.5. The fourth-order valence-electron chi connectivity index (χ4n) is 3.29. The number of carbonyl (C=O) groups excluding carboxylic acids is 2. The van der Waals surface area contributed by atoms with Crippen LogP contribution in [-0.4, -0.2) is 34.8 Å². The summed E-state index contributed by atoms with van der Waals surface area (Å²) in [5, 5.41) is 2.88. The molecule has 1 aliphatic carbocycles. The summed E-state index contributed by atoms with van der Waals surface area (Å²) >= 11 is 0. The van der Waals surface area contributed by atoms with Gasteiger partial charge in [-0.15, -0.1) is 0 Å². The first-order chi connectivity index (χ1) is 9.01. The molecular formula is C15H26N2O2. The van der Waals surface area contributed by atoms with Gasteiger partial charge >= 0.3 is 0 Å². The average Bonchev–Trinajstić information content (AvgIpc) is 3.10. The van der Waals surface area contributed by atoms with E-state index < -0.39 is 0 Å². The van der Waals surface area contributed by atoms with Crippen molar-refractivity contribution in [2.45, 2.75) is 71.5 Å². The van der Waals surface area contributed by atoms with E-state index in [0.29, 0.717) is 18.4 Å². The van der Waals surface area contributed by atoms with E-state index >= 15 is 0 Å². The minimum Gasteiger partial charge on any atom is -0.343 e. The van der Waals surface area contributed by atoms with Gasteiger partial charge in [0.1, 0.15) is 12.1 Å². The number of carbonyl (C=O) groups is 2. The maximum Gasteiger partial charge on any atom is 0.246 e. The zero-order valence-electron chi connectivity index (χ0n) is 12.5. The molecule has 0 radical (unpaired) electrons. The van der Waals surface area contributed by atoms with Gasteiger partial charge in [0, 0.05) is 6.04 Å². The van der Waals surface area contributed by atoms with Crippen LogP contribution in [0, 0.1) is 11.8 Å². The number of amides is 2. The number of rotatable bonds is 5. The third kappa shape index (κ3) is 2.63. The number of hydrogen-bond donors (Lipinski definition) is 1. The Morgan fingerprint density at radius 2 is 2.00 bits per heavy atom. The lowest BCUT2D eigenvalue weighted by atomic mass is 9.95. The van der Waals surface area contributed by atoms with E-state index in [1.165, 1.54) is 0 Å². The third-order valence-electron chi connectivity index (χ3n) is 4.38. The highest BCUT2D eigenvalue weighted by Gasteiger charge is 2.51. The Kier molecular flexibility index (Phi) is 4.16. The van der Waals surface area contributed by atoms with Crippen molar-refractivity contribution in [1.29, 1.82) is 0 Å². The van der Waals surface area contributed by atoms with Gasteiger partial charge in [0.15, 0.2) is 0 Å². The molecule has 0 bridgehead atoms. The van der Waals surface area contributed by atoms with Gasteiger partial charge in [0.2, 0.25) is 11.8 Å². The van der Waals surface area contributed by atoms with E-state index in [1.807, 2.05) is 25.7 Å². The average molecular weight is 266 g/mol. The number of hydrogen-bond acceptors (Lipinski definition) is 2. The molecule has 108 valence electrons. The first kappa shape index (κ1) is 14.4. The van der Waals surface area contributed by atoms with E-state index in [1.54, 1.807) is 0 Å². The largest absolute Gasteiger partial charge is 0.343 e. The summed E-state index contributed by atoms with van der Waals surface area (Å²) in [4.78, 5) is 26.7. The molecule has 4 unspecified atom stereocenters. The van der Waals surface area contributed by atoms with Gasteiger partial charge in [0.05, 0.1) is 0 Å². The molecule has 4 heteroatoms. The summed E-state index contributed by atoms with van der Waals surface area (Å²) in [6, 6.07) is -0.285. The molecule has 2 amide bonds. The molecule has 2 rings (SSSR count). The SMILES string of the molecule is CCCC1CC1N1C(=O)C(CC)NC(=O)C1C(C)C. The summed E-state index contributed by atoms with van der Waals surface area (Å²) in [5.41, 5.74) is 0. The molecule has 1 saturated carbocycles. The molecule has 1 N–H and O–H groups in total. The molecule has 0 aromatic heterocycles. The van der Waals surface area contributed by atoms with Crippen molar-refractivity contribution in [2.75, 3.05) is 0 Å². The molecule has 19 heavy (non-hydrogen) atoms. The van der Waals surface area contributed by atoms with Gasteiger partial charge in [-0.25, -0.2) is 0 Å². The van der Waals surface area contributed by atoms with Crippen LogP contribution in [0.15, 0.2) is 0 Å². The Balaban J connectivity index is 2.18. The molecule has 4 nitrogen and oxygen atoms in total. The molecule has 1 saturated heterocycles. The van der Waals surface area contributed by atoms with Crippen LogP contribution >= 0.6 is 0 Å². The second-order valence-electron chi connectivity index (χ2n) is 6.26. The fourth-order valence-corrected chi connectivity index (χ4v) is 3.29. The van der Waals surface area contributed by atoms with Gasteiger partial charge in [-0.3, -0.25) is 9.59 Å². The van der Waals surface area contributed by atoms with Crippen LogP contribution in [0.5, 0.6) is 0 Å². The van der Waals surface area contributed by atoms with E-state index in [-0.39, 0.29) is 29.8 Å². The standard InChI is InChI=1S/C15H26N2O2/c1-5-7-10-8-12(10)17-13(9(3)4)14(18)16-11(6-2)15(17)19/h9-13H,5-8H2,1-4H3,(H,16,18). The second-order valence-corrected chi connectivity index (χ2v) is 6.26. The quantitative estimate of drug-likeness (QED) is 0.826. The molecule has 2 fully saturated rings. The monoisotopic (exact) mass is 266 g/mol. The lowest BCUT2D eigenvalue weighted by Crippen LogP contribution is -2.65. The van der Waals surface area contributed by atoms with Crippen LogP contribution in [0.1, 0.15) is 53.4 Å². The van der Waals surface area contributed by atoms with Gasteiger partial charge in [-0.1, -0.05) is 34.1 Å². The Bertz CT molecular complexity index is 367. The molecule has 1 heterocycles. The lowest BCUT2D eigenvalue weighted by Gasteiger charge is -2.41. The molecule has 2 aliphatic rings. The maximum atomic E-state index is 12.6. The fraction of sp³-hybridized carbons (Fsp3) is 0.867. The summed E-state index contributed by atoms with van der Waals surface area (Å²) in [7, 11) is 0. The first-order valence-electron chi connectivity index (χ1n) is 7.63. The van der Waals surface area contributed by atoms with Crippen LogP contribution in [-0.2, 0) is 9.59 Å². The topological polar surface area (TPSA) is 49.4 Å². The first-order valence-corrected chi connectivity index (χ1v) is 7.63. The van der Waals surface area contributed by atoms with Crippen molar-refractivity contribution >= 4 is 11.8 Å². The summed E-state index contributed by atoms with van der Waals surface area (Å²) in [6.45, 7) is 8.17. The molecule has 0 spiro atoms. The summed E-state index contributed by atoms with van der Waals surface area (Å²) in [6.07, 6.45) is 4.07. The van der Waals surface area contributed by atoms with Crippen molar-refractivity contribution < 1.29 is 9.59 Å². The van der Waals surface area contributed by atoms with Gasteiger partial charge in [-0.05, 0) is 31.1 Å². The second kappa shape index (κ2) is 5.51. The third-order valence-corrected chi connectivity index (χ3v) is 4.38. The minimum absolute atomic E-state index is 0.0311. The van der Waals surface area contributed by atoms with Crippen molar-refractivity contribution in [3.8, 4) is 0 Å². The molecule has 1 aliphatic heterocycles. The van der Waals surface area contributed by atoms with Crippen molar-refractivity contribution in [3.63, 3.8) is 0 Å². The molecule has 0 aromatic rings. The van der Waals surface area contributed by atoms with Gasteiger partial charge in [-0.2, -0.15) is 0 Å². The van der Waals surface area contributed by atoms with Crippen LogP contribution in [0.2, 0.25) is 0 Å². The zero-order chi connectivity index (χ0) is 14.2. The van der Waals surface area contributed by atoms with E-state index in [2.05, 4.69) is 12.2 Å². The normalized spacial score (nSPS) is 34.7. The predicted octanol–water partition coefficient (Wildman–Crippen LogP) is 1.94. The van der Waals surface area contributed by atoms with Crippen LogP contribution in [0.4, 0.5) is 0 Å². The van der Waals surface area contributed by atoms with E-state index in [9.17, 15) is 9.59 Å². The highest BCUT2D eigenvalue weighted by atomic mass is 16.2. The molecular weight excluding hydrogens is 240 g/mol. The predicted molar refractivity (Wildman–Crippen MR) is 74.5 cm³/mol. The summed E-state index contributed by atoms with van der Waals surface area (Å²) in [5.74, 6) is 0.941. The Labute approximate surface area is 115 Å². The van der Waals surface area contributed by atoms with E-state index in [4.69, 9.17) is 0 Å². The Morgan fingerprint density at radius 3 is 2.53 bits per heavy atom. The van der Waals surface area contributed by atoms with Crippen LogP contribution in [0.3, 0.4) is 0 Å². The maximum absolute atomic E-state index is 12.6.